The highest BCUT2D eigenvalue weighted by Gasteiger charge is 2.12. The molecule has 1 aliphatic heterocycles. The molecule has 1 saturated heterocycles. The first-order valence-corrected chi connectivity index (χ1v) is 7.82. The molecule has 1 fully saturated rings. The van der Waals surface area contributed by atoms with E-state index in [0.717, 1.165) is 29.2 Å². The quantitative estimate of drug-likeness (QED) is 0.788. The first-order chi connectivity index (χ1) is 9.29. The molecule has 0 radical (unpaired) electrons. The summed E-state index contributed by atoms with van der Waals surface area (Å²) in [6.07, 6.45) is 3.92. The molecular formula is C15H23BrN2O. The van der Waals surface area contributed by atoms with Crippen LogP contribution in [0.15, 0.2) is 22.7 Å². The van der Waals surface area contributed by atoms with Crippen LogP contribution in [-0.2, 0) is 6.54 Å². The first kappa shape index (κ1) is 14.8. The lowest BCUT2D eigenvalue weighted by atomic mass is 9.95. The molecule has 106 valence electrons. The molecule has 0 saturated carbocycles. The molecule has 0 aromatic heterocycles. The highest BCUT2D eigenvalue weighted by Crippen LogP contribution is 2.23. The van der Waals surface area contributed by atoms with E-state index in [2.05, 4.69) is 32.6 Å². The van der Waals surface area contributed by atoms with Gasteiger partial charge in [0.25, 0.3) is 0 Å². The topological polar surface area (TPSA) is 33.3 Å². The maximum atomic E-state index is 5.38. The van der Waals surface area contributed by atoms with Crippen molar-refractivity contribution in [2.24, 2.45) is 5.92 Å². The molecule has 2 N–H and O–H groups in total. The zero-order valence-corrected chi connectivity index (χ0v) is 13.1. The monoisotopic (exact) mass is 326 g/mol. The first-order valence-electron chi connectivity index (χ1n) is 7.03. The van der Waals surface area contributed by atoms with Crippen molar-refractivity contribution in [3.63, 3.8) is 0 Å². The van der Waals surface area contributed by atoms with Gasteiger partial charge in [0.1, 0.15) is 5.75 Å². The fraction of sp³-hybridized carbons (Fsp3) is 0.600. The Labute approximate surface area is 124 Å². The van der Waals surface area contributed by atoms with E-state index in [1.807, 2.05) is 12.1 Å². The molecule has 1 aliphatic rings. The Balaban J connectivity index is 1.74. The van der Waals surface area contributed by atoms with Gasteiger partial charge in [-0.25, -0.2) is 0 Å². The number of benzene rings is 1. The number of nitrogens with one attached hydrogen (secondary N) is 2. The van der Waals surface area contributed by atoms with Gasteiger partial charge < -0.3 is 15.4 Å². The molecule has 0 spiro atoms. The van der Waals surface area contributed by atoms with Crippen molar-refractivity contribution in [2.45, 2.75) is 25.8 Å². The maximum Gasteiger partial charge on any atom is 0.123 e. The second-order valence-electron chi connectivity index (χ2n) is 5.11. The number of ether oxygens (including phenoxy) is 1. The molecule has 0 atom stereocenters. The highest BCUT2D eigenvalue weighted by molar-refractivity contribution is 9.10. The van der Waals surface area contributed by atoms with Crippen molar-refractivity contribution in [3.8, 4) is 5.75 Å². The lowest BCUT2D eigenvalue weighted by Crippen LogP contribution is -2.29. The third-order valence-electron chi connectivity index (χ3n) is 3.75. The third-order valence-corrected chi connectivity index (χ3v) is 4.24. The number of hydrogen-bond donors (Lipinski definition) is 2. The van der Waals surface area contributed by atoms with Gasteiger partial charge in [0.05, 0.1) is 7.11 Å². The van der Waals surface area contributed by atoms with Crippen molar-refractivity contribution in [3.05, 3.63) is 28.2 Å². The van der Waals surface area contributed by atoms with E-state index in [4.69, 9.17) is 4.74 Å². The number of halogens is 1. The average Bonchev–Trinajstić information content (AvgIpc) is 2.45. The summed E-state index contributed by atoms with van der Waals surface area (Å²) in [5.41, 5.74) is 1.21. The molecule has 0 amide bonds. The van der Waals surface area contributed by atoms with E-state index >= 15 is 0 Å². The Morgan fingerprint density at radius 3 is 2.89 bits per heavy atom. The van der Waals surface area contributed by atoms with Gasteiger partial charge in [0.15, 0.2) is 0 Å². The number of methoxy groups -OCH3 is 1. The van der Waals surface area contributed by atoms with Crippen LogP contribution in [-0.4, -0.2) is 26.7 Å². The van der Waals surface area contributed by atoms with Gasteiger partial charge in [-0.1, -0.05) is 15.9 Å². The van der Waals surface area contributed by atoms with E-state index in [9.17, 15) is 0 Å². The summed E-state index contributed by atoms with van der Waals surface area (Å²) in [4.78, 5) is 0. The molecule has 19 heavy (non-hydrogen) atoms. The Morgan fingerprint density at radius 2 is 2.16 bits per heavy atom. The van der Waals surface area contributed by atoms with Crippen molar-refractivity contribution in [1.82, 2.24) is 10.6 Å². The zero-order valence-electron chi connectivity index (χ0n) is 11.5. The van der Waals surface area contributed by atoms with E-state index in [1.54, 1.807) is 7.11 Å². The summed E-state index contributed by atoms with van der Waals surface area (Å²) in [5.74, 6) is 1.84. The number of hydrogen-bond acceptors (Lipinski definition) is 3. The molecule has 4 heteroatoms. The van der Waals surface area contributed by atoms with Crippen molar-refractivity contribution >= 4 is 15.9 Å². The maximum absolute atomic E-state index is 5.38. The number of piperidine rings is 1. The summed E-state index contributed by atoms with van der Waals surface area (Å²) >= 11 is 3.51. The van der Waals surface area contributed by atoms with Crippen LogP contribution in [0.5, 0.6) is 5.75 Å². The van der Waals surface area contributed by atoms with Gasteiger partial charge >= 0.3 is 0 Å². The van der Waals surface area contributed by atoms with Gasteiger partial charge in [0.2, 0.25) is 0 Å². The standard InChI is InChI=1S/C15H23BrN2O/c1-19-15-3-2-14(16)10-13(15)11-18-9-6-12-4-7-17-8-5-12/h2-3,10,12,17-18H,4-9,11H2,1H3. The number of rotatable bonds is 6. The molecule has 0 unspecified atom stereocenters. The molecule has 1 aromatic rings. The predicted octanol–water partition coefficient (Wildman–Crippen LogP) is 2.94. The average molecular weight is 327 g/mol. The lowest BCUT2D eigenvalue weighted by molar-refractivity contribution is 0.347. The van der Waals surface area contributed by atoms with E-state index < -0.39 is 0 Å². The molecule has 3 nitrogen and oxygen atoms in total. The summed E-state index contributed by atoms with van der Waals surface area (Å²) in [7, 11) is 1.72. The summed E-state index contributed by atoms with van der Waals surface area (Å²) < 4.78 is 6.48. The van der Waals surface area contributed by atoms with Gasteiger partial charge in [-0.15, -0.1) is 0 Å². The van der Waals surface area contributed by atoms with E-state index in [1.165, 1.54) is 37.9 Å². The van der Waals surface area contributed by atoms with Crippen LogP contribution in [0, 0.1) is 5.92 Å². The van der Waals surface area contributed by atoms with E-state index in [0.29, 0.717) is 0 Å². The van der Waals surface area contributed by atoms with Crippen molar-refractivity contribution in [1.29, 1.82) is 0 Å². The molecule has 1 aromatic carbocycles. The molecule has 0 bridgehead atoms. The van der Waals surface area contributed by atoms with Crippen molar-refractivity contribution in [2.75, 3.05) is 26.7 Å². The van der Waals surface area contributed by atoms with Gasteiger partial charge in [-0.2, -0.15) is 0 Å². The normalized spacial score (nSPS) is 16.5. The Hall–Kier alpha value is -0.580. The predicted molar refractivity (Wildman–Crippen MR) is 82.6 cm³/mol. The van der Waals surface area contributed by atoms with Crippen LogP contribution in [0.1, 0.15) is 24.8 Å². The van der Waals surface area contributed by atoms with Crippen LogP contribution in [0.25, 0.3) is 0 Å². The van der Waals surface area contributed by atoms with Gasteiger partial charge in [0, 0.05) is 16.6 Å². The Kier molecular flexibility index (Phi) is 6.14. The SMILES string of the molecule is COc1ccc(Br)cc1CNCCC1CCNCC1. The summed E-state index contributed by atoms with van der Waals surface area (Å²) in [6.45, 7) is 4.32. The second-order valence-corrected chi connectivity index (χ2v) is 6.03. The van der Waals surface area contributed by atoms with Gasteiger partial charge in [-0.05, 0) is 63.0 Å². The molecule has 2 rings (SSSR count). The fourth-order valence-electron chi connectivity index (χ4n) is 2.58. The van der Waals surface area contributed by atoms with Crippen LogP contribution >= 0.6 is 15.9 Å². The van der Waals surface area contributed by atoms with Crippen LogP contribution in [0.3, 0.4) is 0 Å². The minimum Gasteiger partial charge on any atom is -0.496 e. The summed E-state index contributed by atoms with van der Waals surface area (Å²) in [6, 6.07) is 6.14. The van der Waals surface area contributed by atoms with E-state index in [-0.39, 0.29) is 0 Å². The minimum atomic E-state index is 0.869. The van der Waals surface area contributed by atoms with Crippen molar-refractivity contribution < 1.29 is 4.74 Å². The van der Waals surface area contributed by atoms with Crippen LogP contribution < -0.4 is 15.4 Å². The largest absolute Gasteiger partial charge is 0.496 e. The third kappa shape index (κ3) is 4.79. The minimum absolute atomic E-state index is 0.869. The highest BCUT2D eigenvalue weighted by atomic mass is 79.9. The van der Waals surface area contributed by atoms with Crippen LogP contribution in [0.2, 0.25) is 0 Å². The molecule has 1 heterocycles. The molecule has 0 aliphatic carbocycles. The summed E-state index contributed by atoms with van der Waals surface area (Å²) in [5, 5.41) is 6.94. The Morgan fingerprint density at radius 1 is 1.37 bits per heavy atom. The smallest absolute Gasteiger partial charge is 0.123 e. The van der Waals surface area contributed by atoms with Gasteiger partial charge in [-0.3, -0.25) is 0 Å². The zero-order chi connectivity index (χ0) is 13.5. The van der Waals surface area contributed by atoms with Crippen LogP contribution in [0.4, 0.5) is 0 Å². The second kappa shape index (κ2) is 7.88. The molecular weight excluding hydrogens is 304 g/mol. The fourth-order valence-corrected chi connectivity index (χ4v) is 2.99. The Bertz CT molecular complexity index is 392. The lowest BCUT2D eigenvalue weighted by Gasteiger charge is -2.22.